The molecule has 0 spiro atoms. The lowest BCUT2D eigenvalue weighted by Crippen LogP contribution is -2.06. The third-order valence-electron chi connectivity index (χ3n) is 3.47. The van der Waals surface area contributed by atoms with Gasteiger partial charge in [0.25, 0.3) is 0 Å². The topological polar surface area (TPSA) is 38.3 Å². The maximum atomic E-state index is 12.6. The van der Waals surface area contributed by atoms with Crippen LogP contribution in [-0.2, 0) is 0 Å². The zero-order valence-corrected chi connectivity index (χ0v) is 12.3. The number of aryl methyl sites for hydroxylation is 2. The molecule has 104 valence electrons. The highest BCUT2D eigenvalue weighted by atomic mass is 16.5. The minimum absolute atomic E-state index is 0.0259. The van der Waals surface area contributed by atoms with Crippen molar-refractivity contribution >= 4 is 11.5 Å². The van der Waals surface area contributed by atoms with Crippen molar-refractivity contribution in [3.8, 4) is 5.75 Å². The van der Waals surface area contributed by atoms with Crippen molar-refractivity contribution in [2.75, 3.05) is 19.5 Å². The molecule has 20 heavy (non-hydrogen) atoms. The van der Waals surface area contributed by atoms with Crippen molar-refractivity contribution in [2.45, 2.75) is 13.8 Å². The molecule has 0 fully saturated rings. The summed E-state index contributed by atoms with van der Waals surface area (Å²) in [4.78, 5) is 12.6. The van der Waals surface area contributed by atoms with E-state index in [0.717, 1.165) is 16.8 Å². The molecular formula is C17H19NO2. The summed E-state index contributed by atoms with van der Waals surface area (Å²) in [5, 5.41) is 3.04. The SMILES string of the molecule is CNc1cccc(C(=O)c2cc(C)c(C)cc2OC)c1. The fourth-order valence-corrected chi connectivity index (χ4v) is 2.11. The van der Waals surface area contributed by atoms with Crippen molar-refractivity contribution in [1.82, 2.24) is 0 Å². The van der Waals surface area contributed by atoms with Crippen LogP contribution < -0.4 is 10.1 Å². The highest BCUT2D eigenvalue weighted by molar-refractivity contribution is 6.11. The molecule has 0 saturated heterocycles. The molecule has 0 atom stereocenters. The zero-order valence-electron chi connectivity index (χ0n) is 12.3. The van der Waals surface area contributed by atoms with Gasteiger partial charge in [0.2, 0.25) is 0 Å². The number of ether oxygens (including phenoxy) is 1. The van der Waals surface area contributed by atoms with E-state index in [-0.39, 0.29) is 5.78 Å². The first-order valence-corrected chi connectivity index (χ1v) is 6.54. The Bertz CT molecular complexity index is 647. The summed E-state index contributed by atoms with van der Waals surface area (Å²) in [6, 6.07) is 11.3. The Morgan fingerprint density at radius 3 is 2.45 bits per heavy atom. The predicted octanol–water partition coefficient (Wildman–Crippen LogP) is 3.58. The van der Waals surface area contributed by atoms with Crippen LogP contribution in [0.1, 0.15) is 27.0 Å². The van der Waals surface area contributed by atoms with Crippen molar-refractivity contribution < 1.29 is 9.53 Å². The summed E-state index contributed by atoms with van der Waals surface area (Å²) in [6.45, 7) is 4.00. The zero-order chi connectivity index (χ0) is 14.7. The fourth-order valence-electron chi connectivity index (χ4n) is 2.11. The number of methoxy groups -OCH3 is 1. The Morgan fingerprint density at radius 1 is 1.10 bits per heavy atom. The number of nitrogens with one attached hydrogen (secondary N) is 1. The molecule has 0 heterocycles. The van der Waals surface area contributed by atoms with E-state index in [0.29, 0.717) is 16.9 Å². The molecule has 0 radical (unpaired) electrons. The lowest BCUT2D eigenvalue weighted by atomic mass is 9.98. The third kappa shape index (κ3) is 2.67. The molecule has 0 unspecified atom stereocenters. The number of carbonyl (C=O) groups excluding carboxylic acids is 1. The molecule has 2 rings (SSSR count). The van der Waals surface area contributed by atoms with Gasteiger partial charge in [-0.25, -0.2) is 0 Å². The lowest BCUT2D eigenvalue weighted by Gasteiger charge is -2.11. The highest BCUT2D eigenvalue weighted by Gasteiger charge is 2.16. The molecule has 2 aromatic rings. The van der Waals surface area contributed by atoms with Gasteiger partial charge in [0.05, 0.1) is 12.7 Å². The summed E-state index contributed by atoms with van der Waals surface area (Å²) < 4.78 is 5.34. The largest absolute Gasteiger partial charge is 0.496 e. The van der Waals surface area contributed by atoms with Gasteiger partial charge < -0.3 is 10.1 Å². The molecule has 0 bridgehead atoms. The van der Waals surface area contributed by atoms with Crippen molar-refractivity contribution in [3.05, 3.63) is 58.7 Å². The summed E-state index contributed by atoms with van der Waals surface area (Å²) in [6.07, 6.45) is 0. The maximum Gasteiger partial charge on any atom is 0.196 e. The Hall–Kier alpha value is -2.29. The summed E-state index contributed by atoms with van der Waals surface area (Å²) >= 11 is 0. The lowest BCUT2D eigenvalue weighted by molar-refractivity contribution is 0.103. The summed E-state index contributed by atoms with van der Waals surface area (Å²) in [5.74, 6) is 0.593. The van der Waals surface area contributed by atoms with E-state index in [9.17, 15) is 4.79 Å². The van der Waals surface area contributed by atoms with E-state index in [1.54, 1.807) is 7.11 Å². The number of ketones is 1. The molecule has 0 saturated carbocycles. The normalized spacial score (nSPS) is 10.2. The summed E-state index contributed by atoms with van der Waals surface area (Å²) in [5.41, 5.74) is 4.36. The Balaban J connectivity index is 2.49. The standard InChI is InChI=1S/C17H19NO2/c1-11-8-15(16(20-4)9-12(11)2)17(19)13-6-5-7-14(10-13)18-3/h5-10,18H,1-4H3. The van der Waals surface area contributed by atoms with Crippen LogP contribution in [0.4, 0.5) is 5.69 Å². The summed E-state index contributed by atoms with van der Waals surface area (Å²) in [7, 11) is 3.42. The number of benzene rings is 2. The van der Waals surface area contributed by atoms with Crippen molar-refractivity contribution in [2.24, 2.45) is 0 Å². The minimum atomic E-state index is -0.0259. The second-order valence-corrected chi connectivity index (χ2v) is 4.80. The predicted molar refractivity (Wildman–Crippen MR) is 81.9 cm³/mol. The molecule has 1 N–H and O–H groups in total. The van der Waals surface area contributed by atoms with E-state index in [1.807, 2.05) is 57.3 Å². The average Bonchev–Trinajstić information content (AvgIpc) is 2.48. The van der Waals surface area contributed by atoms with Gasteiger partial charge in [-0.15, -0.1) is 0 Å². The second-order valence-electron chi connectivity index (χ2n) is 4.80. The molecule has 3 heteroatoms. The average molecular weight is 269 g/mol. The van der Waals surface area contributed by atoms with E-state index < -0.39 is 0 Å². The quantitative estimate of drug-likeness (QED) is 0.862. The Morgan fingerprint density at radius 2 is 1.80 bits per heavy atom. The monoisotopic (exact) mass is 269 g/mol. The van der Waals surface area contributed by atoms with Crippen molar-refractivity contribution in [1.29, 1.82) is 0 Å². The van der Waals surface area contributed by atoms with Crippen molar-refractivity contribution in [3.63, 3.8) is 0 Å². The van der Waals surface area contributed by atoms with Crippen LogP contribution in [0.5, 0.6) is 5.75 Å². The molecule has 0 aliphatic rings. The van der Waals surface area contributed by atoms with Gasteiger partial charge in [-0.1, -0.05) is 12.1 Å². The molecule has 0 amide bonds. The van der Waals surface area contributed by atoms with E-state index in [2.05, 4.69) is 5.32 Å². The first-order chi connectivity index (χ1) is 9.56. The van der Waals surface area contributed by atoms with Crippen LogP contribution in [0.2, 0.25) is 0 Å². The second kappa shape index (κ2) is 5.78. The third-order valence-corrected chi connectivity index (χ3v) is 3.47. The van der Waals surface area contributed by atoms with Gasteiger partial charge >= 0.3 is 0 Å². The highest BCUT2D eigenvalue weighted by Crippen LogP contribution is 2.26. The van der Waals surface area contributed by atoms with Crippen LogP contribution in [0.15, 0.2) is 36.4 Å². The maximum absolute atomic E-state index is 12.6. The minimum Gasteiger partial charge on any atom is -0.496 e. The Kier molecular flexibility index (Phi) is 4.08. The molecule has 0 aliphatic heterocycles. The number of carbonyl (C=O) groups is 1. The van der Waals surface area contributed by atoms with Crippen LogP contribution in [0, 0.1) is 13.8 Å². The molecule has 0 aliphatic carbocycles. The number of hydrogen-bond donors (Lipinski definition) is 1. The molecule has 0 aromatic heterocycles. The molecule has 2 aromatic carbocycles. The van der Waals surface area contributed by atoms with Gasteiger partial charge in [0, 0.05) is 18.3 Å². The first-order valence-electron chi connectivity index (χ1n) is 6.54. The van der Waals surface area contributed by atoms with Crippen LogP contribution in [0.25, 0.3) is 0 Å². The number of hydrogen-bond acceptors (Lipinski definition) is 3. The van der Waals surface area contributed by atoms with E-state index in [4.69, 9.17) is 4.74 Å². The van der Waals surface area contributed by atoms with Gasteiger partial charge in [0.15, 0.2) is 5.78 Å². The molecular weight excluding hydrogens is 250 g/mol. The van der Waals surface area contributed by atoms with Gasteiger partial charge in [-0.05, 0) is 49.2 Å². The first kappa shape index (κ1) is 14.1. The fraction of sp³-hybridized carbons (Fsp3) is 0.235. The smallest absolute Gasteiger partial charge is 0.196 e. The van der Waals surface area contributed by atoms with Crippen LogP contribution in [0.3, 0.4) is 0 Å². The molecule has 3 nitrogen and oxygen atoms in total. The number of anilines is 1. The Labute approximate surface area is 119 Å². The van der Waals surface area contributed by atoms with E-state index >= 15 is 0 Å². The van der Waals surface area contributed by atoms with E-state index in [1.165, 1.54) is 0 Å². The number of rotatable bonds is 4. The van der Waals surface area contributed by atoms with Gasteiger partial charge in [-0.3, -0.25) is 4.79 Å². The van der Waals surface area contributed by atoms with Gasteiger partial charge in [0.1, 0.15) is 5.75 Å². The van der Waals surface area contributed by atoms with Crippen LogP contribution in [-0.4, -0.2) is 19.9 Å². The van der Waals surface area contributed by atoms with Crippen LogP contribution >= 0.6 is 0 Å². The van der Waals surface area contributed by atoms with Gasteiger partial charge in [-0.2, -0.15) is 0 Å².